The molecular formula is C13H23N3O3. The molecule has 6 nitrogen and oxygen atoms in total. The van der Waals surface area contributed by atoms with E-state index in [0.717, 1.165) is 45.6 Å². The number of carboxylic acid groups (broad SMARTS) is 1. The molecule has 2 rings (SSSR count). The fraction of sp³-hybridized carbons (Fsp3) is 0.846. The van der Waals surface area contributed by atoms with Gasteiger partial charge in [-0.15, -0.1) is 0 Å². The van der Waals surface area contributed by atoms with Crippen molar-refractivity contribution in [2.75, 3.05) is 39.3 Å². The number of rotatable bonds is 4. The van der Waals surface area contributed by atoms with Crippen LogP contribution in [0.15, 0.2) is 0 Å². The van der Waals surface area contributed by atoms with Gasteiger partial charge >= 0.3 is 5.97 Å². The number of amides is 1. The molecule has 1 unspecified atom stereocenters. The highest BCUT2D eigenvalue weighted by Gasteiger charge is 2.26. The van der Waals surface area contributed by atoms with Crippen LogP contribution in [0, 0.1) is 0 Å². The predicted molar refractivity (Wildman–Crippen MR) is 70.9 cm³/mol. The second-order valence-electron chi connectivity index (χ2n) is 5.37. The second kappa shape index (κ2) is 6.86. The first-order valence-corrected chi connectivity index (χ1v) is 7.10. The van der Waals surface area contributed by atoms with Gasteiger partial charge in [-0.2, -0.15) is 0 Å². The lowest BCUT2D eigenvalue weighted by Crippen LogP contribution is -2.51. The normalized spacial score (nSPS) is 26.7. The van der Waals surface area contributed by atoms with Crippen molar-refractivity contribution in [2.24, 2.45) is 0 Å². The zero-order valence-electron chi connectivity index (χ0n) is 11.3. The first-order chi connectivity index (χ1) is 9.15. The molecule has 2 saturated heterocycles. The maximum absolute atomic E-state index is 11.6. The first kappa shape index (κ1) is 14.3. The van der Waals surface area contributed by atoms with Crippen molar-refractivity contribution < 1.29 is 14.7 Å². The molecule has 0 radical (unpaired) electrons. The Bertz CT molecular complexity index is 327. The van der Waals surface area contributed by atoms with E-state index in [1.807, 2.05) is 0 Å². The lowest BCUT2D eigenvalue weighted by Gasteiger charge is -2.38. The van der Waals surface area contributed by atoms with Gasteiger partial charge in [0.25, 0.3) is 0 Å². The number of hydrogen-bond donors (Lipinski definition) is 2. The van der Waals surface area contributed by atoms with E-state index in [1.165, 1.54) is 0 Å². The Morgan fingerprint density at radius 3 is 2.74 bits per heavy atom. The van der Waals surface area contributed by atoms with Gasteiger partial charge in [0.05, 0.1) is 6.42 Å². The number of nitrogens with zero attached hydrogens (tertiary/aromatic N) is 2. The number of hydrogen-bond acceptors (Lipinski definition) is 4. The van der Waals surface area contributed by atoms with Crippen LogP contribution >= 0.6 is 0 Å². The Balaban J connectivity index is 1.75. The largest absolute Gasteiger partial charge is 0.481 e. The monoisotopic (exact) mass is 269 g/mol. The van der Waals surface area contributed by atoms with Crippen molar-refractivity contribution >= 4 is 11.9 Å². The molecule has 0 aromatic rings. The van der Waals surface area contributed by atoms with Crippen molar-refractivity contribution in [3.63, 3.8) is 0 Å². The highest BCUT2D eigenvalue weighted by atomic mass is 16.4. The summed E-state index contributed by atoms with van der Waals surface area (Å²) in [5.41, 5.74) is 0. The number of carbonyl (C=O) groups excluding carboxylic acids is 1. The van der Waals surface area contributed by atoms with Crippen molar-refractivity contribution in [2.45, 2.75) is 31.7 Å². The lowest BCUT2D eigenvalue weighted by molar-refractivity contribution is -0.137. The minimum Gasteiger partial charge on any atom is -0.481 e. The number of carboxylic acids is 1. The summed E-state index contributed by atoms with van der Waals surface area (Å²) >= 11 is 0. The predicted octanol–water partition coefficient (Wildman–Crippen LogP) is -0.253. The van der Waals surface area contributed by atoms with Gasteiger partial charge in [-0.05, 0) is 12.8 Å². The second-order valence-corrected chi connectivity index (χ2v) is 5.37. The standard InChI is InChI=1S/C13H23N3O3/c17-12-10-11(2-1-4-14-12)16-8-6-15(7-9-16)5-3-13(18)19/h11H,1-10H2,(H,14,17)(H,18,19). The molecule has 2 heterocycles. The van der Waals surface area contributed by atoms with Gasteiger partial charge in [-0.3, -0.25) is 14.5 Å². The summed E-state index contributed by atoms with van der Waals surface area (Å²) in [6.07, 6.45) is 2.95. The molecule has 1 atom stereocenters. The molecular weight excluding hydrogens is 246 g/mol. The number of piperazine rings is 1. The van der Waals surface area contributed by atoms with Gasteiger partial charge in [0.2, 0.25) is 5.91 Å². The first-order valence-electron chi connectivity index (χ1n) is 7.10. The third-order valence-electron chi connectivity index (χ3n) is 4.02. The lowest BCUT2D eigenvalue weighted by atomic mass is 10.1. The average Bonchev–Trinajstić information content (AvgIpc) is 2.62. The summed E-state index contributed by atoms with van der Waals surface area (Å²) < 4.78 is 0. The Labute approximate surface area is 113 Å². The summed E-state index contributed by atoms with van der Waals surface area (Å²) in [4.78, 5) is 26.7. The summed E-state index contributed by atoms with van der Waals surface area (Å²) in [5, 5.41) is 11.6. The Hall–Kier alpha value is -1.14. The van der Waals surface area contributed by atoms with E-state index in [1.54, 1.807) is 0 Å². The van der Waals surface area contributed by atoms with Crippen LogP contribution < -0.4 is 5.32 Å². The zero-order valence-corrected chi connectivity index (χ0v) is 11.3. The highest BCUT2D eigenvalue weighted by Crippen LogP contribution is 2.16. The summed E-state index contributed by atoms with van der Waals surface area (Å²) in [6.45, 7) is 5.13. The molecule has 6 heteroatoms. The molecule has 2 aliphatic rings. The smallest absolute Gasteiger partial charge is 0.304 e. The fourth-order valence-corrected chi connectivity index (χ4v) is 2.87. The summed E-state index contributed by atoms with van der Waals surface area (Å²) in [5.74, 6) is -0.571. The van der Waals surface area contributed by atoms with E-state index in [2.05, 4.69) is 15.1 Å². The van der Waals surface area contributed by atoms with Gasteiger partial charge in [0.1, 0.15) is 0 Å². The van der Waals surface area contributed by atoms with E-state index in [0.29, 0.717) is 19.0 Å². The minimum atomic E-state index is -0.733. The quantitative estimate of drug-likeness (QED) is 0.736. The fourth-order valence-electron chi connectivity index (χ4n) is 2.87. The van der Waals surface area contributed by atoms with E-state index in [4.69, 9.17) is 5.11 Å². The molecule has 0 saturated carbocycles. The SMILES string of the molecule is O=C(O)CCN1CCN(C2CCCNC(=O)C2)CC1. The van der Waals surface area contributed by atoms with Crippen LogP contribution in [0.2, 0.25) is 0 Å². The van der Waals surface area contributed by atoms with Crippen LogP contribution in [0.25, 0.3) is 0 Å². The van der Waals surface area contributed by atoms with Crippen LogP contribution in [0.3, 0.4) is 0 Å². The topological polar surface area (TPSA) is 72.9 Å². The molecule has 2 N–H and O–H groups in total. The summed E-state index contributed by atoms with van der Waals surface area (Å²) in [7, 11) is 0. The van der Waals surface area contributed by atoms with Crippen molar-refractivity contribution in [3.05, 3.63) is 0 Å². The van der Waals surface area contributed by atoms with Crippen LogP contribution in [0.4, 0.5) is 0 Å². The molecule has 1 amide bonds. The molecule has 108 valence electrons. The zero-order chi connectivity index (χ0) is 13.7. The molecule has 0 aliphatic carbocycles. The van der Waals surface area contributed by atoms with Crippen LogP contribution in [-0.4, -0.2) is 72.1 Å². The number of nitrogens with one attached hydrogen (secondary N) is 1. The van der Waals surface area contributed by atoms with E-state index in [9.17, 15) is 9.59 Å². The maximum atomic E-state index is 11.6. The van der Waals surface area contributed by atoms with Crippen molar-refractivity contribution in [1.29, 1.82) is 0 Å². The number of carbonyl (C=O) groups is 2. The van der Waals surface area contributed by atoms with Crippen LogP contribution in [0.1, 0.15) is 25.7 Å². The van der Waals surface area contributed by atoms with Gasteiger partial charge in [0, 0.05) is 51.7 Å². The molecule has 0 aromatic heterocycles. The molecule has 0 spiro atoms. The molecule has 2 aliphatic heterocycles. The molecule has 19 heavy (non-hydrogen) atoms. The minimum absolute atomic E-state index is 0.163. The van der Waals surface area contributed by atoms with E-state index < -0.39 is 5.97 Å². The highest BCUT2D eigenvalue weighted by molar-refractivity contribution is 5.76. The third kappa shape index (κ3) is 4.47. The Morgan fingerprint density at radius 1 is 1.32 bits per heavy atom. The van der Waals surface area contributed by atoms with Crippen LogP contribution in [0.5, 0.6) is 0 Å². The van der Waals surface area contributed by atoms with E-state index >= 15 is 0 Å². The van der Waals surface area contributed by atoms with E-state index in [-0.39, 0.29) is 12.3 Å². The Morgan fingerprint density at radius 2 is 2.05 bits per heavy atom. The molecule has 2 fully saturated rings. The summed E-state index contributed by atoms with van der Waals surface area (Å²) in [6, 6.07) is 0.365. The van der Waals surface area contributed by atoms with Gasteiger partial charge in [-0.25, -0.2) is 0 Å². The van der Waals surface area contributed by atoms with Crippen molar-refractivity contribution in [1.82, 2.24) is 15.1 Å². The molecule has 0 aromatic carbocycles. The van der Waals surface area contributed by atoms with Crippen LogP contribution in [-0.2, 0) is 9.59 Å². The third-order valence-corrected chi connectivity index (χ3v) is 4.02. The maximum Gasteiger partial charge on any atom is 0.304 e. The van der Waals surface area contributed by atoms with Crippen molar-refractivity contribution in [3.8, 4) is 0 Å². The number of aliphatic carboxylic acids is 1. The van der Waals surface area contributed by atoms with Gasteiger partial charge in [-0.1, -0.05) is 0 Å². The Kier molecular flexibility index (Phi) is 5.15. The average molecular weight is 269 g/mol. The van der Waals surface area contributed by atoms with Gasteiger partial charge in [0.15, 0.2) is 0 Å². The van der Waals surface area contributed by atoms with Gasteiger partial charge < -0.3 is 15.3 Å². The molecule has 0 bridgehead atoms.